The number of hydrogen-bond acceptors (Lipinski definition) is 4. The average Bonchev–Trinajstić information content (AvgIpc) is 2.49. The van der Waals surface area contributed by atoms with E-state index in [1.54, 1.807) is 11.9 Å². The summed E-state index contributed by atoms with van der Waals surface area (Å²) in [6.45, 7) is 2.21. The van der Waals surface area contributed by atoms with Crippen molar-refractivity contribution in [3.05, 3.63) is 22.4 Å². The normalized spacial score (nSPS) is 17.5. The van der Waals surface area contributed by atoms with Gasteiger partial charge in [-0.2, -0.15) is 4.31 Å². The van der Waals surface area contributed by atoms with Crippen LogP contribution in [-0.4, -0.2) is 54.7 Å². The summed E-state index contributed by atoms with van der Waals surface area (Å²) in [5, 5.41) is 0.177. The molecule has 0 aliphatic carbocycles. The van der Waals surface area contributed by atoms with Gasteiger partial charge in [0.1, 0.15) is 10.0 Å². The molecule has 0 unspecified atom stereocenters. The number of carbonyl (C=O) groups is 1. The first-order valence-corrected chi connectivity index (χ1v) is 8.97. The molecule has 0 saturated carbocycles. The van der Waals surface area contributed by atoms with Gasteiger partial charge in [-0.3, -0.25) is 4.79 Å². The first-order chi connectivity index (χ1) is 10.2. The van der Waals surface area contributed by atoms with E-state index in [0.717, 1.165) is 0 Å². The molecule has 1 aromatic heterocycles. The molecule has 22 heavy (non-hydrogen) atoms. The molecular formula is C13H17Cl2N3O3S. The maximum Gasteiger partial charge on any atom is 0.244 e. The molecule has 1 aliphatic heterocycles. The summed E-state index contributed by atoms with van der Waals surface area (Å²) in [7, 11) is -1.91. The van der Waals surface area contributed by atoms with Crippen LogP contribution in [0.4, 0.5) is 0 Å². The van der Waals surface area contributed by atoms with Crippen LogP contribution in [0.25, 0.3) is 0 Å². The van der Waals surface area contributed by atoms with E-state index in [0.29, 0.717) is 25.9 Å². The number of nitrogens with zero attached hydrogens (tertiary/aromatic N) is 3. The molecular weight excluding hydrogens is 349 g/mol. The molecule has 2 rings (SSSR count). The van der Waals surface area contributed by atoms with Gasteiger partial charge in [0.05, 0.1) is 5.02 Å². The zero-order valence-electron chi connectivity index (χ0n) is 12.3. The van der Waals surface area contributed by atoms with E-state index in [2.05, 4.69) is 4.98 Å². The van der Waals surface area contributed by atoms with Crippen LogP contribution in [0, 0.1) is 0 Å². The van der Waals surface area contributed by atoms with Crippen LogP contribution < -0.4 is 0 Å². The Hall–Kier alpha value is -0.890. The van der Waals surface area contributed by atoms with Crippen molar-refractivity contribution in [2.75, 3.05) is 20.1 Å². The first-order valence-electron chi connectivity index (χ1n) is 6.78. The Morgan fingerprint density at radius 1 is 1.36 bits per heavy atom. The molecule has 0 aromatic carbocycles. The summed E-state index contributed by atoms with van der Waals surface area (Å²) in [5.74, 6) is -0.0185. The molecule has 0 bridgehead atoms. The molecule has 0 radical (unpaired) electrons. The predicted molar refractivity (Wildman–Crippen MR) is 84.5 cm³/mol. The van der Waals surface area contributed by atoms with E-state index < -0.39 is 10.0 Å². The van der Waals surface area contributed by atoms with Crippen molar-refractivity contribution < 1.29 is 13.2 Å². The van der Waals surface area contributed by atoms with Crippen molar-refractivity contribution in [2.45, 2.75) is 30.7 Å². The maximum atomic E-state index is 12.6. The highest BCUT2D eigenvalue weighted by Gasteiger charge is 2.31. The topological polar surface area (TPSA) is 70.6 Å². The molecule has 0 atom stereocenters. The van der Waals surface area contributed by atoms with Gasteiger partial charge in [0.2, 0.25) is 15.9 Å². The molecule has 1 amide bonds. The van der Waals surface area contributed by atoms with Crippen molar-refractivity contribution in [3.8, 4) is 0 Å². The maximum absolute atomic E-state index is 12.6. The number of amides is 1. The fourth-order valence-corrected chi connectivity index (χ4v) is 4.20. The summed E-state index contributed by atoms with van der Waals surface area (Å²) in [5.41, 5.74) is 0. The number of halogens is 2. The Morgan fingerprint density at radius 2 is 1.95 bits per heavy atom. The van der Waals surface area contributed by atoms with E-state index in [9.17, 15) is 13.2 Å². The van der Waals surface area contributed by atoms with Gasteiger partial charge < -0.3 is 4.90 Å². The highest BCUT2D eigenvalue weighted by atomic mass is 35.5. The number of sulfonamides is 1. The van der Waals surface area contributed by atoms with Gasteiger partial charge in [-0.15, -0.1) is 0 Å². The predicted octanol–water partition coefficient (Wildman–Crippen LogP) is 2.02. The summed E-state index contributed by atoms with van der Waals surface area (Å²) >= 11 is 11.5. The highest BCUT2D eigenvalue weighted by molar-refractivity contribution is 7.89. The van der Waals surface area contributed by atoms with Crippen LogP contribution in [0.2, 0.25) is 10.2 Å². The van der Waals surface area contributed by atoms with Crippen molar-refractivity contribution in [1.82, 2.24) is 14.2 Å². The zero-order chi connectivity index (χ0) is 16.5. The van der Waals surface area contributed by atoms with Gasteiger partial charge in [-0.25, -0.2) is 13.4 Å². The van der Waals surface area contributed by atoms with Crippen molar-refractivity contribution in [3.63, 3.8) is 0 Å². The van der Waals surface area contributed by atoms with E-state index in [4.69, 9.17) is 23.2 Å². The Labute approximate surface area is 140 Å². The van der Waals surface area contributed by atoms with Gasteiger partial charge in [0, 0.05) is 39.3 Å². The van der Waals surface area contributed by atoms with Crippen LogP contribution in [0.1, 0.15) is 19.8 Å². The Bertz CT molecular complexity index is 673. The number of carbonyl (C=O) groups excluding carboxylic acids is 1. The molecule has 122 valence electrons. The number of hydrogen-bond donors (Lipinski definition) is 0. The first kappa shape index (κ1) is 17.5. The Kier molecular flexibility index (Phi) is 5.32. The number of aromatic nitrogens is 1. The van der Waals surface area contributed by atoms with Crippen LogP contribution in [0.15, 0.2) is 17.2 Å². The lowest BCUT2D eigenvalue weighted by Gasteiger charge is -2.35. The lowest BCUT2D eigenvalue weighted by atomic mass is 10.1. The molecule has 0 N–H and O–H groups in total. The second-order valence-corrected chi connectivity index (χ2v) is 7.91. The average molecular weight is 366 g/mol. The molecule has 0 spiro atoms. The van der Waals surface area contributed by atoms with E-state index in [-0.39, 0.29) is 27.0 Å². The third kappa shape index (κ3) is 3.53. The molecule has 1 aromatic rings. The fraction of sp³-hybridized carbons (Fsp3) is 0.538. The van der Waals surface area contributed by atoms with E-state index in [1.807, 2.05) is 0 Å². The fourth-order valence-electron chi connectivity index (χ4n) is 2.42. The second kappa shape index (κ2) is 6.70. The van der Waals surface area contributed by atoms with Crippen molar-refractivity contribution in [2.24, 2.45) is 0 Å². The monoisotopic (exact) mass is 365 g/mol. The standard InChI is InChI=1S/C13H17Cl2N3O3S/c1-9(19)17(2)10-3-5-18(6-4-10)22(20,21)11-7-12(14)13(15)16-8-11/h7-8,10H,3-6H2,1-2H3. The summed E-state index contributed by atoms with van der Waals surface area (Å²) in [4.78, 5) is 16.8. The largest absolute Gasteiger partial charge is 0.343 e. The van der Waals surface area contributed by atoms with Gasteiger partial charge in [0.15, 0.2) is 0 Å². The van der Waals surface area contributed by atoms with Crippen LogP contribution in [0.5, 0.6) is 0 Å². The molecule has 6 nitrogen and oxygen atoms in total. The van der Waals surface area contributed by atoms with Crippen LogP contribution in [0.3, 0.4) is 0 Å². The summed E-state index contributed by atoms with van der Waals surface area (Å²) in [6, 6.07) is 1.37. The summed E-state index contributed by atoms with van der Waals surface area (Å²) < 4.78 is 26.5. The summed E-state index contributed by atoms with van der Waals surface area (Å²) in [6.07, 6.45) is 2.41. The quantitative estimate of drug-likeness (QED) is 0.768. The molecule has 2 heterocycles. The molecule has 1 fully saturated rings. The number of pyridine rings is 1. The lowest BCUT2D eigenvalue weighted by molar-refractivity contribution is -0.130. The Balaban J connectivity index is 2.12. The minimum absolute atomic E-state index is 0.0185. The third-order valence-corrected chi connectivity index (χ3v) is 6.43. The minimum Gasteiger partial charge on any atom is -0.343 e. The van der Waals surface area contributed by atoms with Crippen LogP contribution in [-0.2, 0) is 14.8 Å². The highest BCUT2D eigenvalue weighted by Crippen LogP contribution is 2.26. The van der Waals surface area contributed by atoms with Gasteiger partial charge in [0.25, 0.3) is 0 Å². The Morgan fingerprint density at radius 3 is 2.45 bits per heavy atom. The lowest BCUT2D eigenvalue weighted by Crippen LogP contribution is -2.46. The van der Waals surface area contributed by atoms with E-state index in [1.165, 1.54) is 23.5 Å². The number of rotatable bonds is 3. The minimum atomic E-state index is -3.65. The molecule has 9 heteroatoms. The number of piperidine rings is 1. The van der Waals surface area contributed by atoms with Crippen molar-refractivity contribution in [1.29, 1.82) is 0 Å². The van der Waals surface area contributed by atoms with E-state index >= 15 is 0 Å². The smallest absolute Gasteiger partial charge is 0.244 e. The van der Waals surface area contributed by atoms with Gasteiger partial charge >= 0.3 is 0 Å². The van der Waals surface area contributed by atoms with Crippen LogP contribution >= 0.6 is 23.2 Å². The SMILES string of the molecule is CC(=O)N(C)C1CCN(S(=O)(=O)c2cnc(Cl)c(Cl)c2)CC1. The van der Waals surface area contributed by atoms with Crippen molar-refractivity contribution >= 4 is 39.1 Å². The molecule has 1 aliphatic rings. The second-order valence-electron chi connectivity index (χ2n) is 5.21. The van der Waals surface area contributed by atoms with Gasteiger partial charge in [-0.1, -0.05) is 23.2 Å². The van der Waals surface area contributed by atoms with Gasteiger partial charge in [-0.05, 0) is 18.9 Å². The zero-order valence-corrected chi connectivity index (χ0v) is 14.6. The third-order valence-electron chi connectivity index (χ3n) is 3.88. The molecule has 1 saturated heterocycles.